The normalized spacial score (nSPS) is 12.1. The maximum atomic E-state index is 11.8. The first-order valence-corrected chi connectivity index (χ1v) is 6.28. The van der Waals surface area contributed by atoms with Crippen molar-refractivity contribution in [3.63, 3.8) is 0 Å². The molecule has 0 aliphatic heterocycles. The van der Waals surface area contributed by atoms with Crippen molar-refractivity contribution in [3.05, 3.63) is 28.8 Å². The average molecular weight is 233 g/mol. The first-order chi connectivity index (χ1) is 6.35. The molecule has 14 heavy (non-hydrogen) atoms. The van der Waals surface area contributed by atoms with Crippen LogP contribution in [0.1, 0.15) is 19.4 Å². The highest BCUT2D eigenvalue weighted by atomic mass is 35.5. The van der Waals surface area contributed by atoms with Crippen molar-refractivity contribution in [1.82, 2.24) is 0 Å². The van der Waals surface area contributed by atoms with Gasteiger partial charge in [-0.3, -0.25) is 0 Å². The molecule has 4 heteroatoms. The van der Waals surface area contributed by atoms with Crippen LogP contribution in [0.4, 0.5) is 0 Å². The van der Waals surface area contributed by atoms with Crippen LogP contribution in [0, 0.1) is 6.92 Å². The Morgan fingerprint density at radius 2 is 1.86 bits per heavy atom. The van der Waals surface area contributed by atoms with Crippen LogP contribution < -0.4 is 0 Å². The number of aryl methyl sites for hydroxylation is 1. The Morgan fingerprint density at radius 3 is 2.36 bits per heavy atom. The van der Waals surface area contributed by atoms with E-state index in [1.807, 2.05) is 6.92 Å². The van der Waals surface area contributed by atoms with Crippen LogP contribution in [0.25, 0.3) is 0 Å². The number of halogens is 1. The predicted molar refractivity (Wildman–Crippen MR) is 58.5 cm³/mol. The van der Waals surface area contributed by atoms with Gasteiger partial charge in [-0.1, -0.05) is 17.7 Å². The van der Waals surface area contributed by atoms with Gasteiger partial charge in [-0.05, 0) is 38.5 Å². The first kappa shape index (κ1) is 11.5. The Kier molecular flexibility index (Phi) is 3.22. The lowest BCUT2D eigenvalue weighted by Crippen LogP contribution is -2.14. The fourth-order valence-corrected chi connectivity index (χ4v) is 2.72. The van der Waals surface area contributed by atoms with Gasteiger partial charge in [-0.2, -0.15) is 0 Å². The molecule has 0 amide bonds. The van der Waals surface area contributed by atoms with Gasteiger partial charge in [-0.15, -0.1) is 0 Å². The maximum Gasteiger partial charge on any atom is 0.182 e. The molecule has 0 spiro atoms. The van der Waals surface area contributed by atoms with E-state index in [-0.39, 0.29) is 4.90 Å². The minimum Gasteiger partial charge on any atom is -0.223 e. The number of benzene rings is 1. The third-order valence-corrected chi connectivity index (χ3v) is 4.65. The molecule has 0 unspecified atom stereocenters. The second-order valence-corrected chi connectivity index (χ2v) is 6.41. The molecule has 1 aromatic carbocycles. The van der Waals surface area contributed by atoms with Crippen molar-refractivity contribution in [2.75, 3.05) is 0 Å². The molecule has 0 saturated heterocycles. The molecule has 78 valence electrons. The summed E-state index contributed by atoms with van der Waals surface area (Å²) in [6, 6.07) is 5.02. The molecule has 2 nitrogen and oxygen atoms in total. The largest absolute Gasteiger partial charge is 0.223 e. The van der Waals surface area contributed by atoms with Crippen LogP contribution in [0.15, 0.2) is 23.1 Å². The molecule has 0 heterocycles. The molecule has 0 fully saturated rings. The maximum absolute atomic E-state index is 11.8. The number of hydrogen-bond acceptors (Lipinski definition) is 2. The van der Waals surface area contributed by atoms with Crippen molar-refractivity contribution >= 4 is 21.4 Å². The van der Waals surface area contributed by atoms with E-state index >= 15 is 0 Å². The summed E-state index contributed by atoms with van der Waals surface area (Å²) in [4.78, 5) is 0.231. The summed E-state index contributed by atoms with van der Waals surface area (Å²) in [5, 5.41) is -0.147. The second kappa shape index (κ2) is 3.91. The van der Waals surface area contributed by atoms with Gasteiger partial charge in [0.25, 0.3) is 0 Å². The summed E-state index contributed by atoms with van der Waals surface area (Å²) in [7, 11) is -3.26. The van der Waals surface area contributed by atoms with Crippen LogP contribution in [-0.2, 0) is 9.84 Å². The Labute approximate surface area is 89.8 Å². The van der Waals surface area contributed by atoms with Gasteiger partial charge in [0.05, 0.1) is 15.2 Å². The second-order valence-electron chi connectivity index (χ2n) is 3.53. The van der Waals surface area contributed by atoms with Gasteiger partial charge < -0.3 is 0 Å². The van der Waals surface area contributed by atoms with Gasteiger partial charge in [0.2, 0.25) is 0 Å². The first-order valence-electron chi connectivity index (χ1n) is 4.35. The standard InChI is InChI=1S/C10H13ClO2S/c1-7(2)14(12,13)10-6-8(3)4-5-9(10)11/h4-7H,1-3H3. The Bertz CT molecular complexity index is 435. The topological polar surface area (TPSA) is 34.1 Å². The van der Waals surface area contributed by atoms with Crippen LogP contribution >= 0.6 is 11.6 Å². The van der Waals surface area contributed by atoms with Crippen LogP contribution in [0.5, 0.6) is 0 Å². The summed E-state index contributed by atoms with van der Waals surface area (Å²) < 4.78 is 23.6. The molecular formula is C10H13ClO2S. The number of sulfone groups is 1. The lowest BCUT2D eigenvalue weighted by atomic mass is 10.2. The molecule has 0 aliphatic rings. The van der Waals surface area contributed by atoms with Crippen molar-refractivity contribution < 1.29 is 8.42 Å². The van der Waals surface area contributed by atoms with Gasteiger partial charge in [0.1, 0.15) is 0 Å². The zero-order valence-corrected chi connectivity index (χ0v) is 9.98. The van der Waals surface area contributed by atoms with Crippen LogP contribution in [-0.4, -0.2) is 13.7 Å². The van der Waals surface area contributed by atoms with Gasteiger partial charge in [0.15, 0.2) is 9.84 Å². The molecule has 0 bridgehead atoms. The number of hydrogen-bond donors (Lipinski definition) is 0. The molecule has 0 atom stereocenters. The van der Waals surface area contributed by atoms with Crippen molar-refractivity contribution in [3.8, 4) is 0 Å². The molecule has 0 radical (unpaired) electrons. The van der Waals surface area contributed by atoms with E-state index in [2.05, 4.69) is 0 Å². The molecule has 1 aromatic rings. The summed E-state index contributed by atoms with van der Waals surface area (Å²) >= 11 is 5.85. The zero-order valence-electron chi connectivity index (χ0n) is 8.41. The van der Waals surface area contributed by atoms with Crippen molar-refractivity contribution in [2.45, 2.75) is 30.9 Å². The van der Waals surface area contributed by atoms with Crippen molar-refractivity contribution in [1.29, 1.82) is 0 Å². The number of rotatable bonds is 2. The zero-order chi connectivity index (χ0) is 10.9. The summed E-state index contributed by atoms with van der Waals surface area (Å²) in [5.74, 6) is 0. The third kappa shape index (κ3) is 2.10. The minimum absolute atomic E-state index is 0.231. The average Bonchev–Trinajstić information content (AvgIpc) is 2.08. The molecule has 0 aliphatic carbocycles. The molecule has 0 N–H and O–H groups in total. The van der Waals surface area contributed by atoms with E-state index in [1.165, 1.54) is 0 Å². The van der Waals surface area contributed by atoms with Crippen LogP contribution in [0.2, 0.25) is 5.02 Å². The Balaban J connectivity index is 3.40. The Morgan fingerprint density at radius 1 is 1.29 bits per heavy atom. The van der Waals surface area contributed by atoms with E-state index in [0.717, 1.165) is 5.56 Å². The van der Waals surface area contributed by atoms with Gasteiger partial charge >= 0.3 is 0 Å². The van der Waals surface area contributed by atoms with Crippen molar-refractivity contribution in [2.24, 2.45) is 0 Å². The van der Waals surface area contributed by atoms with E-state index in [1.54, 1.807) is 32.0 Å². The lowest BCUT2D eigenvalue weighted by molar-refractivity contribution is 0.587. The van der Waals surface area contributed by atoms with Gasteiger partial charge in [-0.25, -0.2) is 8.42 Å². The van der Waals surface area contributed by atoms with E-state index in [4.69, 9.17) is 11.6 Å². The summed E-state index contributed by atoms with van der Waals surface area (Å²) in [6.45, 7) is 5.14. The quantitative estimate of drug-likeness (QED) is 0.786. The molecule has 1 rings (SSSR count). The SMILES string of the molecule is Cc1ccc(Cl)c(S(=O)(=O)C(C)C)c1. The fraction of sp³-hybridized carbons (Fsp3) is 0.400. The fourth-order valence-electron chi connectivity index (χ4n) is 1.08. The Hall–Kier alpha value is -0.540. The smallest absolute Gasteiger partial charge is 0.182 e. The lowest BCUT2D eigenvalue weighted by Gasteiger charge is -2.09. The highest BCUT2D eigenvalue weighted by Gasteiger charge is 2.21. The van der Waals surface area contributed by atoms with Gasteiger partial charge in [0, 0.05) is 0 Å². The highest BCUT2D eigenvalue weighted by molar-refractivity contribution is 7.92. The monoisotopic (exact) mass is 232 g/mol. The predicted octanol–water partition coefficient (Wildman–Crippen LogP) is 2.83. The van der Waals surface area contributed by atoms with E-state index in [9.17, 15) is 8.42 Å². The molecular weight excluding hydrogens is 220 g/mol. The van der Waals surface area contributed by atoms with E-state index in [0.29, 0.717) is 5.02 Å². The third-order valence-electron chi connectivity index (χ3n) is 2.01. The summed E-state index contributed by atoms with van der Waals surface area (Å²) in [6.07, 6.45) is 0. The molecule has 0 saturated carbocycles. The summed E-state index contributed by atoms with van der Waals surface area (Å²) in [5.41, 5.74) is 0.897. The minimum atomic E-state index is -3.26. The van der Waals surface area contributed by atoms with Crippen LogP contribution in [0.3, 0.4) is 0 Å². The molecule has 0 aromatic heterocycles. The van der Waals surface area contributed by atoms with E-state index < -0.39 is 15.1 Å². The highest BCUT2D eigenvalue weighted by Crippen LogP contribution is 2.25.